The monoisotopic (exact) mass is 312 g/mol. The van der Waals surface area contributed by atoms with Gasteiger partial charge in [0, 0.05) is 25.4 Å². The summed E-state index contributed by atoms with van der Waals surface area (Å²) in [6.45, 7) is 3.66. The molecular weight excluding hydrogens is 288 g/mol. The number of halogens is 1. The smallest absolute Gasteiger partial charge is 0.222 e. The van der Waals surface area contributed by atoms with Gasteiger partial charge in [0.2, 0.25) is 5.91 Å². The lowest BCUT2D eigenvalue weighted by Crippen LogP contribution is -2.29. The molecule has 1 saturated heterocycles. The van der Waals surface area contributed by atoms with E-state index < -0.39 is 0 Å². The van der Waals surface area contributed by atoms with Crippen LogP contribution >= 0.6 is 12.4 Å². The van der Waals surface area contributed by atoms with E-state index in [1.165, 1.54) is 5.56 Å². The molecule has 2 N–H and O–H groups in total. The van der Waals surface area contributed by atoms with Crippen molar-refractivity contribution in [1.29, 1.82) is 0 Å². The van der Waals surface area contributed by atoms with E-state index >= 15 is 0 Å². The maximum absolute atomic E-state index is 11.9. The average molecular weight is 313 g/mol. The van der Waals surface area contributed by atoms with Gasteiger partial charge in [0.15, 0.2) is 0 Å². The van der Waals surface area contributed by atoms with Gasteiger partial charge in [0.05, 0.1) is 13.2 Å². The molecule has 0 spiro atoms. The molecule has 1 fully saturated rings. The van der Waals surface area contributed by atoms with Gasteiger partial charge in [0.1, 0.15) is 0 Å². The molecule has 1 aromatic carbocycles. The van der Waals surface area contributed by atoms with E-state index in [9.17, 15) is 4.79 Å². The molecule has 1 atom stereocenters. The van der Waals surface area contributed by atoms with Crippen molar-refractivity contribution in [3.63, 3.8) is 0 Å². The van der Waals surface area contributed by atoms with Crippen LogP contribution in [0.15, 0.2) is 30.3 Å². The molecule has 1 aliphatic heterocycles. The van der Waals surface area contributed by atoms with Crippen LogP contribution in [0.1, 0.15) is 24.8 Å². The minimum absolute atomic E-state index is 0. The second kappa shape index (κ2) is 9.77. The third kappa shape index (κ3) is 6.04. The Hall–Kier alpha value is -1.10. The number of hydrogen-bond donors (Lipinski definition) is 1. The standard InChI is InChI=1S/C16H24N2O2.ClH/c17-9-4-7-16(19)18-10-8-15(11-18)13-20-12-14-5-2-1-3-6-14;/h1-3,5-6,15H,4,7-13,17H2;1H. The summed E-state index contributed by atoms with van der Waals surface area (Å²) in [5, 5.41) is 0. The topological polar surface area (TPSA) is 55.6 Å². The van der Waals surface area contributed by atoms with Crippen LogP contribution in [0.2, 0.25) is 0 Å². The Morgan fingerprint density at radius 3 is 2.81 bits per heavy atom. The van der Waals surface area contributed by atoms with Crippen LogP contribution < -0.4 is 5.73 Å². The van der Waals surface area contributed by atoms with Crippen LogP contribution in [0.3, 0.4) is 0 Å². The van der Waals surface area contributed by atoms with Crippen LogP contribution in [0, 0.1) is 5.92 Å². The Morgan fingerprint density at radius 2 is 2.10 bits per heavy atom. The summed E-state index contributed by atoms with van der Waals surface area (Å²) in [7, 11) is 0. The molecule has 1 aliphatic rings. The minimum Gasteiger partial charge on any atom is -0.376 e. The molecule has 1 amide bonds. The van der Waals surface area contributed by atoms with Crippen LogP contribution in [0.5, 0.6) is 0 Å². The minimum atomic E-state index is 0. The molecule has 0 radical (unpaired) electrons. The Morgan fingerprint density at radius 1 is 1.33 bits per heavy atom. The maximum Gasteiger partial charge on any atom is 0.222 e. The van der Waals surface area contributed by atoms with Gasteiger partial charge in [0.25, 0.3) is 0 Å². The van der Waals surface area contributed by atoms with Crippen molar-refractivity contribution in [3.05, 3.63) is 35.9 Å². The number of rotatable bonds is 7. The molecule has 0 aliphatic carbocycles. The van der Waals surface area contributed by atoms with E-state index in [2.05, 4.69) is 12.1 Å². The first-order chi connectivity index (χ1) is 9.79. The van der Waals surface area contributed by atoms with Crippen molar-refractivity contribution >= 4 is 18.3 Å². The lowest BCUT2D eigenvalue weighted by Gasteiger charge is -2.16. The molecular formula is C16H25ClN2O2. The number of carbonyl (C=O) groups excluding carboxylic acids is 1. The van der Waals surface area contributed by atoms with Crippen LogP contribution in [0.4, 0.5) is 0 Å². The molecule has 1 heterocycles. The largest absolute Gasteiger partial charge is 0.376 e. The highest BCUT2D eigenvalue weighted by atomic mass is 35.5. The Labute approximate surface area is 133 Å². The highest BCUT2D eigenvalue weighted by molar-refractivity contribution is 5.85. The predicted molar refractivity (Wildman–Crippen MR) is 86.3 cm³/mol. The zero-order chi connectivity index (χ0) is 14.2. The molecule has 0 aromatic heterocycles. The fourth-order valence-corrected chi connectivity index (χ4v) is 2.52. The number of hydrogen-bond acceptors (Lipinski definition) is 3. The van der Waals surface area contributed by atoms with Crippen LogP contribution in [0.25, 0.3) is 0 Å². The second-order valence-corrected chi connectivity index (χ2v) is 5.39. The quantitative estimate of drug-likeness (QED) is 0.840. The molecule has 21 heavy (non-hydrogen) atoms. The molecule has 0 bridgehead atoms. The van der Waals surface area contributed by atoms with Gasteiger partial charge >= 0.3 is 0 Å². The van der Waals surface area contributed by atoms with Crippen molar-refractivity contribution in [1.82, 2.24) is 4.90 Å². The summed E-state index contributed by atoms with van der Waals surface area (Å²) in [4.78, 5) is 13.8. The third-order valence-electron chi connectivity index (χ3n) is 3.70. The summed E-state index contributed by atoms with van der Waals surface area (Å²) < 4.78 is 5.75. The molecule has 118 valence electrons. The number of nitrogens with two attached hydrogens (primary N) is 1. The molecule has 1 unspecified atom stereocenters. The Bertz CT molecular complexity index is 414. The van der Waals surface area contributed by atoms with Gasteiger partial charge in [-0.3, -0.25) is 4.79 Å². The van der Waals surface area contributed by atoms with Gasteiger partial charge in [-0.05, 0) is 24.9 Å². The van der Waals surface area contributed by atoms with Crippen molar-refractivity contribution < 1.29 is 9.53 Å². The van der Waals surface area contributed by atoms with Crippen molar-refractivity contribution in [2.24, 2.45) is 11.7 Å². The molecule has 5 heteroatoms. The van der Waals surface area contributed by atoms with E-state index in [0.717, 1.165) is 32.5 Å². The van der Waals surface area contributed by atoms with Crippen molar-refractivity contribution in [2.75, 3.05) is 26.2 Å². The number of nitrogens with zero attached hydrogens (tertiary/aromatic N) is 1. The van der Waals surface area contributed by atoms with Crippen molar-refractivity contribution in [3.8, 4) is 0 Å². The molecule has 1 aromatic rings. The number of ether oxygens (including phenoxy) is 1. The fraction of sp³-hybridized carbons (Fsp3) is 0.562. The Balaban J connectivity index is 0.00000220. The average Bonchev–Trinajstić information content (AvgIpc) is 2.95. The summed E-state index contributed by atoms with van der Waals surface area (Å²) in [6.07, 6.45) is 2.40. The van der Waals surface area contributed by atoms with Gasteiger partial charge in [-0.25, -0.2) is 0 Å². The normalized spacial score (nSPS) is 17.6. The highest BCUT2D eigenvalue weighted by Gasteiger charge is 2.25. The zero-order valence-corrected chi connectivity index (χ0v) is 13.2. The van der Waals surface area contributed by atoms with Crippen LogP contribution in [-0.4, -0.2) is 37.0 Å². The lowest BCUT2D eigenvalue weighted by molar-refractivity contribution is -0.130. The van der Waals surface area contributed by atoms with E-state index in [0.29, 0.717) is 25.5 Å². The second-order valence-electron chi connectivity index (χ2n) is 5.39. The number of likely N-dealkylation sites (tertiary alicyclic amines) is 1. The maximum atomic E-state index is 11.9. The van der Waals surface area contributed by atoms with Gasteiger partial charge in [-0.1, -0.05) is 30.3 Å². The first-order valence-electron chi connectivity index (χ1n) is 7.39. The van der Waals surface area contributed by atoms with E-state index in [1.807, 2.05) is 23.1 Å². The van der Waals surface area contributed by atoms with Gasteiger partial charge < -0.3 is 15.4 Å². The zero-order valence-electron chi connectivity index (χ0n) is 12.4. The summed E-state index contributed by atoms with van der Waals surface area (Å²) in [6, 6.07) is 10.2. The van der Waals surface area contributed by atoms with Crippen LogP contribution in [-0.2, 0) is 16.1 Å². The molecule has 2 rings (SSSR count). The van der Waals surface area contributed by atoms with Gasteiger partial charge in [-0.15, -0.1) is 12.4 Å². The van der Waals surface area contributed by atoms with E-state index in [4.69, 9.17) is 10.5 Å². The highest BCUT2D eigenvalue weighted by Crippen LogP contribution is 2.18. The number of carbonyl (C=O) groups is 1. The Kier molecular flexibility index (Phi) is 8.35. The first kappa shape index (κ1) is 18.0. The number of amides is 1. The summed E-state index contributed by atoms with van der Waals surface area (Å²) in [5.74, 6) is 0.710. The summed E-state index contributed by atoms with van der Waals surface area (Å²) in [5.41, 5.74) is 6.63. The SMILES string of the molecule is Cl.NCCCC(=O)N1CCC(COCc2ccccc2)C1. The lowest BCUT2D eigenvalue weighted by atomic mass is 10.1. The molecule has 0 saturated carbocycles. The van der Waals surface area contributed by atoms with E-state index in [-0.39, 0.29) is 18.3 Å². The first-order valence-corrected chi connectivity index (χ1v) is 7.39. The van der Waals surface area contributed by atoms with Gasteiger partial charge in [-0.2, -0.15) is 0 Å². The fourth-order valence-electron chi connectivity index (χ4n) is 2.52. The molecule has 4 nitrogen and oxygen atoms in total. The predicted octanol–water partition coefficient (Wildman–Crippen LogP) is 2.21. The third-order valence-corrected chi connectivity index (χ3v) is 3.70. The number of benzene rings is 1. The van der Waals surface area contributed by atoms with Crippen molar-refractivity contribution in [2.45, 2.75) is 25.9 Å². The summed E-state index contributed by atoms with van der Waals surface area (Å²) >= 11 is 0. The van der Waals surface area contributed by atoms with E-state index in [1.54, 1.807) is 0 Å².